The molecule has 1 amide bonds. The molecule has 0 spiro atoms. The molecule has 12 heteroatoms. The Bertz CT molecular complexity index is 1590. The van der Waals surface area contributed by atoms with Crippen molar-refractivity contribution < 1.29 is 22.7 Å². The highest BCUT2D eigenvalue weighted by Gasteiger charge is 2.34. The van der Waals surface area contributed by atoms with Crippen molar-refractivity contribution in [2.24, 2.45) is 0 Å². The van der Waals surface area contributed by atoms with E-state index in [0.717, 1.165) is 11.8 Å². The Morgan fingerprint density at radius 2 is 1.95 bits per heavy atom. The molecular formula is C26H31N5O6S. The van der Waals surface area contributed by atoms with Crippen LogP contribution in [-0.4, -0.2) is 67.2 Å². The first-order valence-electron chi connectivity index (χ1n) is 12.4. The number of fused-ring (bicyclic) bond motifs is 2. The number of anilines is 3. The Labute approximate surface area is 220 Å². The van der Waals surface area contributed by atoms with Gasteiger partial charge >= 0.3 is 6.09 Å². The molecule has 0 radical (unpaired) electrons. The van der Waals surface area contributed by atoms with E-state index in [4.69, 9.17) is 9.47 Å². The number of rotatable bonds is 3. The lowest BCUT2D eigenvalue weighted by Crippen LogP contribution is -2.46. The molecule has 1 atom stereocenters. The van der Waals surface area contributed by atoms with E-state index in [9.17, 15) is 18.0 Å². The van der Waals surface area contributed by atoms with Gasteiger partial charge in [0.25, 0.3) is 5.56 Å². The molecule has 1 aromatic carbocycles. The average molecular weight is 542 g/mol. The van der Waals surface area contributed by atoms with Gasteiger partial charge in [0, 0.05) is 37.5 Å². The first kappa shape index (κ1) is 26.1. The summed E-state index contributed by atoms with van der Waals surface area (Å²) in [5.41, 5.74) is 1.90. The third kappa shape index (κ3) is 4.73. The van der Waals surface area contributed by atoms with Crippen molar-refractivity contribution in [2.75, 3.05) is 42.4 Å². The third-order valence-electron chi connectivity index (χ3n) is 6.56. The molecule has 1 saturated heterocycles. The smallest absolute Gasteiger partial charge is 0.414 e. The maximum Gasteiger partial charge on any atom is 0.414 e. The van der Waals surface area contributed by atoms with E-state index in [0.29, 0.717) is 55.2 Å². The lowest BCUT2D eigenvalue weighted by molar-refractivity contribution is 0.0580. The number of hydrogen-bond donors (Lipinski definition) is 0. The first-order chi connectivity index (χ1) is 17.8. The van der Waals surface area contributed by atoms with Crippen LogP contribution in [0.1, 0.15) is 38.8 Å². The molecule has 0 bridgehead atoms. The van der Waals surface area contributed by atoms with Gasteiger partial charge in [-0.25, -0.2) is 18.2 Å². The van der Waals surface area contributed by atoms with E-state index in [1.807, 2.05) is 50.8 Å². The number of carbonyl (C=O) groups excluding carboxylic acids is 1. The van der Waals surface area contributed by atoms with Gasteiger partial charge in [0.1, 0.15) is 16.9 Å². The van der Waals surface area contributed by atoms with Crippen molar-refractivity contribution in [3.8, 4) is 0 Å². The zero-order chi connectivity index (χ0) is 27.4. The Hall–Kier alpha value is -3.51. The fourth-order valence-electron chi connectivity index (χ4n) is 4.92. The number of ether oxygens (including phenoxy) is 2. The lowest BCUT2D eigenvalue weighted by Gasteiger charge is -2.39. The average Bonchev–Trinajstić information content (AvgIpc) is 3.36. The highest BCUT2D eigenvalue weighted by molar-refractivity contribution is 7.90. The van der Waals surface area contributed by atoms with Crippen LogP contribution in [0.4, 0.5) is 21.9 Å². The molecule has 38 heavy (non-hydrogen) atoms. The molecule has 0 saturated carbocycles. The highest BCUT2D eigenvalue weighted by Crippen LogP contribution is 2.40. The number of benzene rings is 1. The van der Waals surface area contributed by atoms with Crippen LogP contribution in [0, 0.1) is 6.92 Å². The Morgan fingerprint density at radius 1 is 1.18 bits per heavy atom. The predicted octanol–water partition coefficient (Wildman–Crippen LogP) is 3.36. The number of carbonyl (C=O) groups is 1. The maximum atomic E-state index is 14.1. The summed E-state index contributed by atoms with van der Waals surface area (Å²) in [7, 11) is -3.68. The summed E-state index contributed by atoms with van der Waals surface area (Å²) in [4.78, 5) is 39.0. The molecule has 5 rings (SSSR count). The van der Waals surface area contributed by atoms with Crippen LogP contribution in [0.2, 0.25) is 0 Å². The van der Waals surface area contributed by atoms with Gasteiger partial charge in [0.2, 0.25) is 15.0 Å². The molecule has 3 aromatic rings. The van der Waals surface area contributed by atoms with Crippen molar-refractivity contribution in [1.82, 2.24) is 14.5 Å². The number of sulfone groups is 1. The summed E-state index contributed by atoms with van der Waals surface area (Å²) in [5.74, 6) is 0. The van der Waals surface area contributed by atoms with Gasteiger partial charge in [-0.15, -0.1) is 0 Å². The Morgan fingerprint density at radius 3 is 2.61 bits per heavy atom. The summed E-state index contributed by atoms with van der Waals surface area (Å²) in [6, 6.07) is 7.05. The normalized spacial score (nSPS) is 18.1. The largest absolute Gasteiger partial charge is 0.443 e. The highest BCUT2D eigenvalue weighted by atomic mass is 32.2. The number of pyridine rings is 1. The molecule has 0 N–H and O–H groups in total. The second-order valence-electron chi connectivity index (χ2n) is 10.7. The van der Waals surface area contributed by atoms with Crippen LogP contribution in [0.25, 0.3) is 11.0 Å². The van der Waals surface area contributed by atoms with E-state index in [1.54, 1.807) is 11.0 Å². The van der Waals surface area contributed by atoms with E-state index >= 15 is 0 Å². The number of aryl methyl sites for hydroxylation is 1. The third-order valence-corrected chi connectivity index (χ3v) is 7.42. The van der Waals surface area contributed by atoms with Crippen molar-refractivity contribution in [1.29, 1.82) is 0 Å². The Kier molecular flexibility index (Phi) is 6.42. The van der Waals surface area contributed by atoms with E-state index in [1.165, 1.54) is 10.8 Å². The quantitative estimate of drug-likeness (QED) is 0.459. The first-order valence-corrected chi connectivity index (χ1v) is 14.3. The molecule has 1 fully saturated rings. The minimum Gasteiger partial charge on any atom is -0.443 e. The number of nitrogens with zero attached hydrogens (tertiary/aromatic N) is 5. The molecular weight excluding hydrogens is 510 g/mol. The summed E-state index contributed by atoms with van der Waals surface area (Å²) in [6.45, 7) is 8.83. The minimum absolute atomic E-state index is 0.251. The molecule has 2 aliphatic rings. The molecule has 2 aromatic heterocycles. The van der Waals surface area contributed by atoms with Gasteiger partial charge in [0.05, 0.1) is 24.0 Å². The number of aromatic nitrogens is 3. The molecule has 1 unspecified atom stereocenters. The van der Waals surface area contributed by atoms with Gasteiger partial charge in [0.15, 0.2) is 0 Å². The van der Waals surface area contributed by atoms with Gasteiger partial charge in [-0.2, -0.15) is 4.98 Å². The van der Waals surface area contributed by atoms with Crippen LogP contribution in [0.15, 0.2) is 40.4 Å². The minimum atomic E-state index is -3.68. The van der Waals surface area contributed by atoms with Crippen molar-refractivity contribution in [3.05, 3.63) is 46.4 Å². The fraction of sp³-hybridized carbons (Fsp3) is 0.462. The van der Waals surface area contributed by atoms with Gasteiger partial charge in [-0.3, -0.25) is 14.3 Å². The van der Waals surface area contributed by atoms with Gasteiger partial charge in [-0.1, -0.05) is 12.1 Å². The fourth-order valence-corrected chi connectivity index (χ4v) is 5.42. The number of hydrogen-bond acceptors (Lipinski definition) is 9. The second kappa shape index (κ2) is 9.35. The predicted molar refractivity (Wildman–Crippen MR) is 143 cm³/mol. The molecule has 202 valence electrons. The van der Waals surface area contributed by atoms with Gasteiger partial charge < -0.3 is 14.4 Å². The topological polar surface area (TPSA) is 124 Å². The van der Waals surface area contributed by atoms with Crippen molar-refractivity contribution in [3.63, 3.8) is 0 Å². The van der Waals surface area contributed by atoms with Crippen LogP contribution in [-0.2, 0) is 19.3 Å². The summed E-state index contributed by atoms with van der Waals surface area (Å²) < 4.78 is 37.1. The summed E-state index contributed by atoms with van der Waals surface area (Å²) in [6.07, 6.45) is 2.61. The molecule has 11 nitrogen and oxygen atoms in total. The molecule has 0 aliphatic carbocycles. The van der Waals surface area contributed by atoms with E-state index < -0.39 is 21.5 Å². The SMILES string of the molecule is Cc1cccc2c1N(C(=O)OC(C)(C)C)CCN2c1cc2cnc(S(C)(=O)=O)nc2n(C2CCOC2)c1=O. The van der Waals surface area contributed by atoms with Crippen LogP contribution >= 0.6 is 0 Å². The summed E-state index contributed by atoms with van der Waals surface area (Å²) >= 11 is 0. The van der Waals surface area contributed by atoms with Crippen LogP contribution in [0.5, 0.6) is 0 Å². The monoisotopic (exact) mass is 541 g/mol. The van der Waals surface area contributed by atoms with Gasteiger partial charge in [-0.05, 0) is 51.8 Å². The zero-order valence-electron chi connectivity index (χ0n) is 22.1. The van der Waals surface area contributed by atoms with Crippen molar-refractivity contribution in [2.45, 2.75) is 50.9 Å². The number of amides is 1. The van der Waals surface area contributed by atoms with E-state index in [2.05, 4.69) is 9.97 Å². The van der Waals surface area contributed by atoms with E-state index in [-0.39, 0.29) is 22.4 Å². The number of para-hydroxylation sites is 1. The summed E-state index contributed by atoms with van der Waals surface area (Å²) in [5, 5.41) is 0.194. The van der Waals surface area contributed by atoms with Crippen LogP contribution in [0.3, 0.4) is 0 Å². The maximum absolute atomic E-state index is 14.1. The second-order valence-corrected chi connectivity index (χ2v) is 12.6. The van der Waals surface area contributed by atoms with Crippen LogP contribution < -0.4 is 15.4 Å². The van der Waals surface area contributed by atoms with Crippen molar-refractivity contribution >= 4 is 44.0 Å². The lowest BCUT2D eigenvalue weighted by atomic mass is 10.1. The Balaban J connectivity index is 1.69. The molecule has 4 heterocycles. The molecule has 2 aliphatic heterocycles. The zero-order valence-corrected chi connectivity index (χ0v) is 22.9. The standard InChI is InChI=1S/C26H31N5O6S/c1-16-7-6-8-19-21(16)30(25(33)37-26(2,3)4)11-10-29(19)20-13-17-14-27-24(38(5,34)35)28-22(17)31(23(20)32)18-9-12-36-15-18/h6-8,13-14,18H,9-12,15H2,1-5H3.